The first-order valence-electron chi connectivity index (χ1n) is 4.91. The van der Waals surface area contributed by atoms with Crippen LogP contribution in [0.15, 0.2) is 0 Å². The molecule has 0 aliphatic rings. The van der Waals surface area contributed by atoms with Gasteiger partial charge in [-0.15, -0.1) is 0 Å². The summed E-state index contributed by atoms with van der Waals surface area (Å²) in [5, 5.41) is 3.11. The third-order valence-electron chi connectivity index (χ3n) is 2.03. The molecule has 0 bridgehead atoms. The summed E-state index contributed by atoms with van der Waals surface area (Å²) >= 11 is 0. The van der Waals surface area contributed by atoms with Gasteiger partial charge in [-0.05, 0) is 45.8 Å². The fraction of sp³-hybridized carbons (Fsp3) is 1.00. The molecule has 0 amide bonds. The minimum atomic E-state index is 0.380. The normalized spacial score (nSPS) is 13.2. The Morgan fingerprint density at radius 2 is 1.83 bits per heavy atom. The third kappa shape index (κ3) is 7.98. The Kier molecular flexibility index (Phi) is 8.88. The third-order valence-corrected chi connectivity index (χ3v) is 2.03. The average Bonchev–Trinajstić information content (AvgIpc) is 2.06. The lowest BCUT2D eigenvalue weighted by Crippen LogP contribution is -2.22. The molecule has 0 radical (unpaired) electrons. The molecule has 0 saturated heterocycles. The van der Waals surface area contributed by atoms with Crippen LogP contribution < -0.4 is 16.8 Å². The van der Waals surface area contributed by atoms with Gasteiger partial charge in [-0.1, -0.05) is 6.42 Å². The fourth-order valence-corrected chi connectivity index (χ4v) is 1.24. The van der Waals surface area contributed by atoms with Crippen molar-refractivity contribution in [2.75, 3.05) is 20.1 Å². The molecule has 1 atom stereocenters. The summed E-state index contributed by atoms with van der Waals surface area (Å²) in [6, 6.07) is 0.380. The smallest absolute Gasteiger partial charge is 0.00393 e. The SMILES string of the molecule is CNCCCC(N)CCCCN. The molecule has 1 unspecified atom stereocenters. The van der Waals surface area contributed by atoms with Crippen LogP contribution in [0.25, 0.3) is 0 Å². The molecule has 0 saturated carbocycles. The molecule has 0 aromatic heterocycles. The van der Waals surface area contributed by atoms with E-state index in [1.807, 2.05) is 7.05 Å². The molecule has 3 nitrogen and oxygen atoms in total. The molecule has 0 aliphatic carbocycles. The molecule has 12 heavy (non-hydrogen) atoms. The zero-order valence-electron chi connectivity index (χ0n) is 8.18. The van der Waals surface area contributed by atoms with Crippen LogP contribution in [0.1, 0.15) is 32.1 Å². The summed E-state index contributed by atoms with van der Waals surface area (Å²) in [5.74, 6) is 0. The van der Waals surface area contributed by atoms with Crippen LogP contribution in [0.4, 0.5) is 0 Å². The standard InChI is InChI=1S/C9H23N3/c1-12-8-4-6-9(11)5-2-3-7-10/h9,12H,2-8,10-11H2,1H3. The Hall–Kier alpha value is -0.120. The van der Waals surface area contributed by atoms with E-state index in [4.69, 9.17) is 11.5 Å². The second-order valence-electron chi connectivity index (χ2n) is 3.29. The number of nitrogens with one attached hydrogen (secondary N) is 1. The largest absolute Gasteiger partial charge is 0.330 e. The molecule has 0 fully saturated rings. The quantitative estimate of drug-likeness (QED) is 0.467. The number of rotatable bonds is 8. The number of nitrogens with two attached hydrogens (primary N) is 2. The molecule has 3 heteroatoms. The Balaban J connectivity index is 3.04. The second-order valence-corrected chi connectivity index (χ2v) is 3.29. The maximum Gasteiger partial charge on any atom is 0.00393 e. The van der Waals surface area contributed by atoms with E-state index in [0.717, 1.165) is 32.4 Å². The van der Waals surface area contributed by atoms with Gasteiger partial charge in [0.2, 0.25) is 0 Å². The monoisotopic (exact) mass is 173 g/mol. The van der Waals surface area contributed by atoms with Crippen molar-refractivity contribution in [2.24, 2.45) is 11.5 Å². The second kappa shape index (κ2) is 8.97. The highest BCUT2D eigenvalue weighted by atomic mass is 14.8. The topological polar surface area (TPSA) is 64.1 Å². The van der Waals surface area contributed by atoms with Crippen molar-refractivity contribution in [3.05, 3.63) is 0 Å². The van der Waals surface area contributed by atoms with Crippen LogP contribution in [0, 0.1) is 0 Å². The summed E-state index contributed by atoms with van der Waals surface area (Å²) in [6.07, 6.45) is 5.73. The van der Waals surface area contributed by atoms with E-state index in [1.54, 1.807) is 0 Å². The first kappa shape index (κ1) is 11.9. The molecule has 0 heterocycles. The average molecular weight is 173 g/mol. The summed E-state index contributed by atoms with van der Waals surface area (Å²) < 4.78 is 0. The minimum Gasteiger partial charge on any atom is -0.330 e. The first-order chi connectivity index (χ1) is 5.81. The van der Waals surface area contributed by atoms with Crippen LogP contribution in [-0.2, 0) is 0 Å². The van der Waals surface area contributed by atoms with Gasteiger partial charge in [0.25, 0.3) is 0 Å². The van der Waals surface area contributed by atoms with Crippen LogP contribution in [0.3, 0.4) is 0 Å². The molecule has 0 spiro atoms. The first-order valence-corrected chi connectivity index (χ1v) is 4.91. The Morgan fingerprint density at radius 1 is 1.17 bits per heavy atom. The lowest BCUT2D eigenvalue weighted by atomic mass is 10.1. The molecular formula is C9H23N3. The van der Waals surface area contributed by atoms with Crippen molar-refractivity contribution in [2.45, 2.75) is 38.1 Å². The highest BCUT2D eigenvalue weighted by molar-refractivity contribution is 4.61. The van der Waals surface area contributed by atoms with Gasteiger partial charge in [-0.2, -0.15) is 0 Å². The summed E-state index contributed by atoms with van der Waals surface area (Å²) in [5.41, 5.74) is 11.3. The van der Waals surface area contributed by atoms with Crippen molar-refractivity contribution in [3.8, 4) is 0 Å². The van der Waals surface area contributed by atoms with E-state index in [0.29, 0.717) is 6.04 Å². The van der Waals surface area contributed by atoms with Gasteiger partial charge in [0.15, 0.2) is 0 Å². The molecule has 5 N–H and O–H groups in total. The zero-order chi connectivity index (χ0) is 9.23. The zero-order valence-corrected chi connectivity index (χ0v) is 8.18. The van der Waals surface area contributed by atoms with Gasteiger partial charge >= 0.3 is 0 Å². The van der Waals surface area contributed by atoms with Crippen molar-refractivity contribution < 1.29 is 0 Å². The van der Waals surface area contributed by atoms with Gasteiger partial charge < -0.3 is 16.8 Å². The van der Waals surface area contributed by atoms with E-state index < -0.39 is 0 Å². The molecule has 0 rings (SSSR count). The van der Waals surface area contributed by atoms with Crippen molar-refractivity contribution >= 4 is 0 Å². The summed E-state index contributed by atoms with van der Waals surface area (Å²) in [4.78, 5) is 0. The Bertz CT molecular complexity index is 75.8. The Labute approximate surface area is 75.9 Å². The number of unbranched alkanes of at least 4 members (excludes halogenated alkanes) is 1. The van der Waals surface area contributed by atoms with E-state index in [1.165, 1.54) is 12.8 Å². The predicted molar refractivity (Wildman–Crippen MR) is 54.0 cm³/mol. The van der Waals surface area contributed by atoms with Gasteiger partial charge in [0.1, 0.15) is 0 Å². The lowest BCUT2D eigenvalue weighted by Gasteiger charge is -2.10. The van der Waals surface area contributed by atoms with E-state index >= 15 is 0 Å². The number of hydrogen-bond acceptors (Lipinski definition) is 3. The van der Waals surface area contributed by atoms with Gasteiger partial charge in [-0.25, -0.2) is 0 Å². The summed E-state index contributed by atoms with van der Waals surface area (Å²) in [6.45, 7) is 1.87. The molecule has 74 valence electrons. The van der Waals surface area contributed by atoms with E-state index in [-0.39, 0.29) is 0 Å². The van der Waals surface area contributed by atoms with Crippen LogP contribution >= 0.6 is 0 Å². The van der Waals surface area contributed by atoms with Crippen LogP contribution in [-0.4, -0.2) is 26.2 Å². The minimum absolute atomic E-state index is 0.380. The maximum atomic E-state index is 5.89. The van der Waals surface area contributed by atoms with E-state index in [9.17, 15) is 0 Å². The fourth-order valence-electron chi connectivity index (χ4n) is 1.24. The molecular weight excluding hydrogens is 150 g/mol. The molecule has 0 aromatic carbocycles. The maximum absolute atomic E-state index is 5.89. The highest BCUT2D eigenvalue weighted by Gasteiger charge is 2.00. The highest BCUT2D eigenvalue weighted by Crippen LogP contribution is 2.03. The summed E-state index contributed by atoms with van der Waals surface area (Å²) in [7, 11) is 1.97. The van der Waals surface area contributed by atoms with Gasteiger partial charge in [0.05, 0.1) is 0 Å². The van der Waals surface area contributed by atoms with Crippen molar-refractivity contribution in [1.29, 1.82) is 0 Å². The van der Waals surface area contributed by atoms with Crippen molar-refractivity contribution in [3.63, 3.8) is 0 Å². The lowest BCUT2D eigenvalue weighted by molar-refractivity contribution is 0.512. The Morgan fingerprint density at radius 3 is 2.42 bits per heavy atom. The van der Waals surface area contributed by atoms with E-state index in [2.05, 4.69) is 5.32 Å². The van der Waals surface area contributed by atoms with Crippen LogP contribution in [0.2, 0.25) is 0 Å². The van der Waals surface area contributed by atoms with Gasteiger partial charge in [-0.3, -0.25) is 0 Å². The molecule has 0 aliphatic heterocycles. The predicted octanol–water partition coefficient (Wildman–Crippen LogP) is 0.442. The van der Waals surface area contributed by atoms with Crippen LogP contribution in [0.5, 0.6) is 0 Å². The van der Waals surface area contributed by atoms with Gasteiger partial charge in [0, 0.05) is 6.04 Å². The number of hydrogen-bond donors (Lipinski definition) is 3. The van der Waals surface area contributed by atoms with Crippen molar-refractivity contribution in [1.82, 2.24) is 5.32 Å². The molecule has 0 aromatic rings.